The Morgan fingerprint density at radius 1 is 1.39 bits per heavy atom. The van der Waals surface area contributed by atoms with Crippen molar-refractivity contribution in [2.45, 2.75) is 32.4 Å². The summed E-state index contributed by atoms with van der Waals surface area (Å²) in [4.78, 5) is 2.63. The van der Waals surface area contributed by atoms with Gasteiger partial charge in [0.25, 0.3) is 0 Å². The summed E-state index contributed by atoms with van der Waals surface area (Å²) >= 11 is 3.71. The lowest BCUT2D eigenvalue weighted by molar-refractivity contribution is 0.182. The number of likely N-dealkylation sites (tertiary alicyclic amines) is 1. The molecule has 1 aromatic carbocycles. The predicted molar refractivity (Wildman–Crippen MR) is 80.8 cm³/mol. The quantitative estimate of drug-likeness (QED) is 0.916. The van der Waals surface area contributed by atoms with E-state index in [-0.39, 0.29) is 0 Å². The minimum absolute atomic E-state index is 0.535. The van der Waals surface area contributed by atoms with E-state index in [9.17, 15) is 0 Å². The highest BCUT2D eigenvalue weighted by molar-refractivity contribution is 9.10. The summed E-state index contributed by atoms with van der Waals surface area (Å²) in [7, 11) is 2.05. The largest absolute Gasteiger partial charge is 0.319 e. The zero-order valence-electron chi connectivity index (χ0n) is 11.5. The first kappa shape index (κ1) is 14.0. The van der Waals surface area contributed by atoms with Crippen LogP contribution in [0, 0.1) is 5.92 Å². The van der Waals surface area contributed by atoms with Crippen LogP contribution in [0.5, 0.6) is 0 Å². The molecule has 3 heteroatoms. The van der Waals surface area contributed by atoms with E-state index in [4.69, 9.17) is 0 Å². The van der Waals surface area contributed by atoms with E-state index in [0.29, 0.717) is 18.0 Å². The Morgan fingerprint density at radius 3 is 2.72 bits per heavy atom. The van der Waals surface area contributed by atoms with Crippen molar-refractivity contribution in [3.63, 3.8) is 0 Å². The molecule has 1 N–H and O–H groups in total. The Hall–Kier alpha value is -0.380. The van der Waals surface area contributed by atoms with Crippen LogP contribution in [0.4, 0.5) is 0 Å². The predicted octanol–water partition coefficient (Wildman–Crippen LogP) is 3.44. The summed E-state index contributed by atoms with van der Waals surface area (Å²) in [5, 5.41) is 3.35. The molecule has 1 aromatic rings. The SMILES string of the molecule is CNCC1CCN(C(C)C)C1c1ccccc1Br. The molecule has 2 rings (SSSR count). The molecule has 1 aliphatic heterocycles. The van der Waals surface area contributed by atoms with Crippen molar-refractivity contribution in [2.24, 2.45) is 5.92 Å². The van der Waals surface area contributed by atoms with Crippen LogP contribution in [-0.4, -0.2) is 31.1 Å². The summed E-state index contributed by atoms with van der Waals surface area (Å²) in [5.41, 5.74) is 1.43. The van der Waals surface area contributed by atoms with Gasteiger partial charge < -0.3 is 5.32 Å². The standard InChI is InChI=1S/C15H23BrN2/c1-11(2)18-9-8-12(10-17-3)15(18)13-6-4-5-7-14(13)16/h4-7,11-12,15,17H,8-10H2,1-3H3. The van der Waals surface area contributed by atoms with Gasteiger partial charge in [-0.25, -0.2) is 0 Å². The van der Waals surface area contributed by atoms with E-state index in [0.717, 1.165) is 6.54 Å². The zero-order chi connectivity index (χ0) is 13.1. The maximum absolute atomic E-state index is 3.71. The third kappa shape index (κ3) is 2.79. The lowest BCUT2D eigenvalue weighted by Crippen LogP contribution is -2.34. The number of hydrogen-bond acceptors (Lipinski definition) is 2. The van der Waals surface area contributed by atoms with Crippen molar-refractivity contribution in [3.8, 4) is 0 Å². The molecule has 1 heterocycles. The Kier molecular flexibility index (Phi) is 4.82. The highest BCUT2D eigenvalue weighted by Gasteiger charge is 2.36. The average Bonchev–Trinajstić information content (AvgIpc) is 2.74. The number of benzene rings is 1. The van der Waals surface area contributed by atoms with Gasteiger partial charge in [-0.3, -0.25) is 4.90 Å². The second kappa shape index (κ2) is 6.18. The zero-order valence-corrected chi connectivity index (χ0v) is 13.1. The third-order valence-corrected chi connectivity index (χ3v) is 4.64. The van der Waals surface area contributed by atoms with Crippen LogP contribution >= 0.6 is 15.9 Å². The maximum atomic E-state index is 3.71. The highest BCUT2D eigenvalue weighted by Crippen LogP contribution is 2.40. The van der Waals surface area contributed by atoms with Crippen molar-refractivity contribution < 1.29 is 0 Å². The number of hydrogen-bond donors (Lipinski definition) is 1. The van der Waals surface area contributed by atoms with Gasteiger partial charge in [-0.2, -0.15) is 0 Å². The first-order valence-electron chi connectivity index (χ1n) is 6.80. The topological polar surface area (TPSA) is 15.3 Å². The summed E-state index contributed by atoms with van der Waals surface area (Å²) in [6.07, 6.45) is 1.28. The van der Waals surface area contributed by atoms with Crippen LogP contribution in [-0.2, 0) is 0 Å². The lowest BCUT2D eigenvalue weighted by atomic mass is 9.93. The van der Waals surface area contributed by atoms with Gasteiger partial charge in [-0.1, -0.05) is 34.1 Å². The Balaban J connectivity index is 2.31. The summed E-state index contributed by atoms with van der Waals surface area (Å²) in [6.45, 7) is 6.89. The van der Waals surface area contributed by atoms with Gasteiger partial charge in [0, 0.05) is 16.6 Å². The molecule has 2 unspecified atom stereocenters. The van der Waals surface area contributed by atoms with Crippen LogP contribution in [0.2, 0.25) is 0 Å². The minimum atomic E-state index is 0.535. The summed E-state index contributed by atoms with van der Waals surface area (Å²) < 4.78 is 1.24. The maximum Gasteiger partial charge on any atom is 0.0402 e. The fraction of sp³-hybridized carbons (Fsp3) is 0.600. The molecule has 0 spiro atoms. The van der Waals surface area contributed by atoms with Gasteiger partial charge >= 0.3 is 0 Å². The molecule has 0 radical (unpaired) electrons. The average molecular weight is 311 g/mol. The van der Waals surface area contributed by atoms with E-state index in [1.807, 2.05) is 0 Å². The third-order valence-electron chi connectivity index (χ3n) is 3.92. The van der Waals surface area contributed by atoms with Crippen LogP contribution in [0.3, 0.4) is 0 Å². The molecule has 2 atom stereocenters. The molecular weight excluding hydrogens is 288 g/mol. The van der Waals surface area contributed by atoms with Crippen LogP contribution in [0.25, 0.3) is 0 Å². The highest BCUT2D eigenvalue weighted by atomic mass is 79.9. The smallest absolute Gasteiger partial charge is 0.0402 e. The second-order valence-electron chi connectivity index (χ2n) is 5.40. The summed E-state index contributed by atoms with van der Waals surface area (Å²) in [5.74, 6) is 0.705. The fourth-order valence-electron chi connectivity index (χ4n) is 3.09. The number of nitrogens with one attached hydrogen (secondary N) is 1. The number of rotatable bonds is 4. The van der Waals surface area contributed by atoms with E-state index in [2.05, 4.69) is 71.3 Å². The Labute approximate surface area is 119 Å². The van der Waals surface area contributed by atoms with Gasteiger partial charge in [-0.05, 0) is 58.0 Å². The molecule has 2 nitrogen and oxygen atoms in total. The first-order valence-corrected chi connectivity index (χ1v) is 7.59. The van der Waals surface area contributed by atoms with Crippen LogP contribution in [0.1, 0.15) is 31.9 Å². The molecule has 18 heavy (non-hydrogen) atoms. The first-order chi connectivity index (χ1) is 8.65. The van der Waals surface area contributed by atoms with Gasteiger partial charge in [0.05, 0.1) is 0 Å². The minimum Gasteiger partial charge on any atom is -0.319 e. The monoisotopic (exact) mass is 310 g/mol. The van der Waals surface area contributed by atoms with Gasteiger partial charge in [-0.15, -0.1) is 0 Å². The van der Waals surface area contributed by atoms with Gasteiger partial charge in [0.15, 0.2) is 0 Å². The Morgan fingerprint density at radius 2 is 2.11 bits per heavy atom. The molecule has 1 fully saturated rings. The van der Waals surface area contributed by atoms with E-state index in [1.54, 1.807) is 0 Å². The fourth-order valence-corrected chi connectivity index (χ4v) is 3.60. The second-order valence-corrected chi connectivity index (χ2v) is 6.26. The molecule has 0 saturated carbocycles. The van der Waals surface area contributed by atoms with Crippen molar-refractivity contribution in [2.75, 3.05) is 20.1 Å². The summed E-state index contributed by atoms with van der Waals surface area (Å²) in [6, 6.07) is 9.79. The number of halogens is 1. The molecule has 0 aliphatic carbocycles. The molecule has 0 aromatic heterocycles. The van der Waals surface area contributed by atoms with Crippen LogP contribution in [0.15, 0.2) is 28.7 Å². The van der Waals surface area contributed by atoms with E-state index in [1.165, 1.54) is 23.0 Å². The van der Waals surface area contributed by atoms with Crippen molar-refractivity contribution >= 4 is 15.9 Å². The van der Waals surface area contributed by atoms with Crippen LogP contribution < -0.4 is 5.32 Å². The van der Waals surface area contributed by atoms with Gasteiger partial charge in [0.1, 0.15) is 0 Å². The Bertz CT molecular complexity index is 392. The lowest BCUT2D eigenvalue weighted by Gasteiger charge is -2.32. The van der Waals surface area contributed by atoms with Crippen molar-refractivity contribution in [1.29, 1.82) is 0 Å². The molecule has 0 amide bonds. The molecule has 1 aliphatic rings. The molecular formula is C15H23BrN2. The van der Waals surface area contributed by atoms with E-state index >= 15 is 0 Å². The molecule has 0 bridgehead atoms. The van der Waals surface area contributed by atoms with Crippen molar-refractivity contribution in [3.05, 3.63) is 34.3 Å². The van der Waals surface area contributed by atoms with Crippen molar-refractivity contribution in [1.82, 2.24) is 10.2 Å². The normalized spacial score (nSPS) is 24.9. The molecule has 100 valence electrons. The molecule has 1 saturated heterocycles. The van der Waals surface area contributed by atoms with Gasteiger partial charge in [0.2, 0.25) is 0 Å². The van der Waals surface area contributed by atoms with E-state index < -0.39 is 0 Å². The number of nitrogens with zero attached hydrogens (tertiary/aromatic N) is 1.